The second kappa shape index (κ2) is 6.65. The first kappa shape index (κ1) is 14.6. The molecule has 0 spiro atoms. The number of aryl methyl sites for hydroxylation is 2. The number of benzene rings is 2. The molecule has 3 rings (SSSR count). The van der Waals surface area contributed by atoms with Crippen molar-refractivity contribution in [1.82, 2.24) is 0 Å². The summed E-state index contributed by atoms with van der Waals surface area (Å²) in [7, 11) is 0. The maximum atomic E-state index is 3.78. The largest absolute Gasteiger partial charge is 0.382 e. The monoisotopic (exact) mass is 343 g/mol. The smallest absolute Gasteiger partial charge is 0.0374 e. The minimum atomic E-state index is 0.552. The Morgan fingerprint density at radius 3 is 2.86 bits per heavy atom. The lowest BCUT2D eigenvalue weighted by atomic mass is 9.88. The number of hydrogen-bond donors (Lipinski definition) is 1. The molecule has 1 unspecified atom stereocenters. The topological polar surface area (TPSA) is 12.0 Å². The summed E-state index contributed by atoms with van der Waals surface area (Å²) in [6, 6.07) is 16.0. The van der Waals surface area contributed by atoms with Crippen LogP contribution < -0.4 is 5.32 Å². The Morgan fingerprint density at radius 1 is 1.14 bits per heavy atom. The number of rotatable bonds is 4. The van der Waals surface area contributed by atoms with E-state index in [1.807, 2.05) is 0 Å². The lowest BCUT2D eigenvalue weighted by Crippen LogP contribution is -2.27. The van der Waals surface area contributed by atoms with E-state index in [0.29, 0.717) is 6.04 Å². The first-order chi connectivity index (χ1) is 10.3. The van der Waals surface area contributed by atoms with Gasteiger partial charge >= 0.3 is 0 Å². The first-order valence-electron chi connectivity index (χ1n) is 7.88. The highest BCUT2D eigenvalue weighted by Crippen LogP contribution is 2.27. The van der Waals surface area contributed by atoms with Crippen molar-refractivity contribution >= 4 is 21.6 Å². The van der Waals surface area contributed by atoms with Gasteiger partial charge in [0, 0.05) is 16.2 Å². The number of nitrogens with one attached hydrogen (secondary N) is 1. The summed E-state index contributed by atoms with van der Waals surface area (Å²) in [5.41, 5.74) is 5.77. The molecule has 2 aromatic rings. The minimum Gasteiger partial charge on any atom is -0.382 e. The number of hydrogen-bond acceptors (Lipinski definition) is 1. The zero-order valence-electron chi connectivity index (χ0n) is 12.5. The Morgan fingerprint density at radius 2 is 2.00 bits per heavy atom. The van der Waals surface area contributed by atoms with E-state index in [4.69, 9.17) is 0 Å². The average Bonchev–Trinajstić information content (AvgIpc) is 2.50. The van der Waals surface area contributed by atoms with Crippen molar-refractivity contribution < 1.29 is 0 Å². The predicted octanol–water partition coefficient (Wildman–Crippen LogP) is 5.37. The molecule has 0 heterocycles. The maximum absolute atomic E-state index is 3.78. The van der Waals surface area contributed by atoms with Gasteiger partial charge in [-0.3, -0.25) is 0 Å². The quantitative estimate of drug-likeness (QED) is 0.786. The van der Waals surface area contributed by atoms with Crippen LogP contribution in [0.5, 0.6) is 0 Å². The van der Waals surface area contributed by atoms with Crippen molar-refractivity contribution in [2.75, 3.05) is 5.32 Å². The van der Waals surface area contributed by atoms with Gasteiger partial charge in [-0.25, -0.2) is 0 Å². The molecule has 110 valence electrons. The summed E-state index contributed by atoms with van der Waals surface area (Å²) in [6.45, 7) is 2.24. The van der Waals surface area contributed by atoms with Crippen molar-refractivity contribution in [3.63, 3.8) is 0 Å². The van der Waals surface area contributed by atoms with Crippen molar-refractivity contribution in [3.05, 3.63) is 63.6 Å². The van der Waals surface area contributed by atoms with Gasteiger partial charge in [-0.2, -0.15) is 0 Å². The van der Waals surface area contributed by atoms with E-state index < -0.39 is 0 Å². The lowest BCUT2D eigenvalue weighted by molar-refractivity contribution is 0.610. The van der Waals surface area contributed by atoms with Gasteiger partial charge in [-0.05, 0) is 60.6 Å². The van der Waals surface area contributed by atoms with Crippen LogP contribution >= 0.6 is 15.9 Å². The molecular formula is C19H22BrN. The molecule has 1 atom stereocenters. The fourth-order valence-corrected chi connectivity index (χ4v) is 3.62. The molecule has 1 aliphatic carbocycles. The maximum Gasteiger partial charge on any atom is 0.0374 e. The summed E-state index contributed by atoms with van der Waals surface area (Å²) >= 11 is 3.57. The number of fused-ring (bicyclic) bond motifs is 1. The molecule has 0 saturated carbocycles. The minimum absolute atomic E-state index is 0.552. The Labute approximate surface area is 135 Å². The van der Waals surface area contributed by atoms with Gasteiger partial charge in [-0.1, -0.05) is 53.5 Å². The molecule has 1 N–H and O–H groups in total. The van der Waals surface area contributed by atoms with Crippen LogP contribution in [0.15, 0.2) is 46.9 Å². The van der Waals surface area contributed by atoms with E-state index in [9.17, 15) is 0 Å². The molecule has 1 aliphatic rings. The molecule has 0 aliphatic heterocycles. The molecule has 21 heavy (non-hydrogen) atoms. The number of halogens is 1. The normalized spacial score (nSPS) is 17.3. The third-order valence-electron chi connectivity index (χ3n) is 4.29. The first-order valence-corrected chi connectivity index (χ1v) is 8.67. The Kier molecular flexibility index (Phi) is 4.64. The molecule has 0 bridgehead atoms. The van der Waals surface area contributed by atoms with E-state index >= 15 is 0 Å². The molecule has 1 nitrogen and oxygen atoms in total. The Balaban J connectivity index is 1.74. The van der Waals surface area contributed by atoms with Crippen LogP contribution in [-0.4, -0.2) is 6.04 Å². The van der Waals surface area contributed by atoms with E-state index in [-0.39, 0.29) is 0 Å². The van der Waals surface area contributed by atoms with Gasteiger partial charge in [0.1, 0.15) is 0 Å². The second-order valence-corrected chi connectivity index (χ2v) is 6.82. The summed E-state index contributed by atoms with van der Waals surface area (Å²) in [5, 5.41) is 3.78. The number of para-hydroxylation sites is 1. The molecular weight excluding hydrogens is 322 g/mol. The third kappa shape index (κ3) is 3.49. The fraction of sp³-hybridized carbons (Fsp3) is 0.368. The van der Waals surface area contributed by atoms with Crippen molar-refractivity contribution in [1.29, 1.82) is 0 Å². The zero-order valence-corrected chi connectivity index (χ0v) is 14.1. The SMILES string of the molecule is CCCc1ccccc1NC1CCc2cc(Br)ccc2C1. The molecule has 0 amide bonds. The van der Waals surface area contributed by atoms with E-state index in [0.717, 1.165) is 12.8 Å². The molecule has 2 heteroatoms. The van der Waals surface area contributed by atoms with Crippen LogP contribution in [0.4, 0.5) is 5.69 Å². The van der Waals surface area contributed by atoms with Crippen LogP contribution in [0, 0.1) is 0 Å². The van der Waals surface area contributed by atoms with Crippen LogP contribution in [0.3, 0.4) is 0 Å². The van der Waals surface area contributed by atoms with Gasteiger partial charge in [0.15, 0.2) is 0 Å². The van der Waals surface area contributed by atoms with Gasteiger partial charge in [0.2, 0.25) is 0 Å². The highest BCUT2D eigenvalue weighted by Gasteiger charge is 2.19. The summed E-state index contributed by atoms with van der Waals surface area (Å²) in [5.74, 6) is 0. The molecule has 0 saturated heterocycles. The Bertz CT molecular complexity index is 621. The van der Waals surface area contributed by atoms with E-state index in [2.05, 4.69) is 70.6 Å². The highest BCUT2D eigenvalue weighted by atomic mass is 79.9. The van der Waals surface area contributed by atoms with Crippen molar-refractivity contribution in [2.24, 2.45) is 0 Å². The average molecular weight is 344 g/mol. The standard InChI is InChI=1S/C19H22BrN/c1-2-5-14-6-3-4-7-19(14)21-18-11-9-15-12-17(20)10-8-16(15)13-18/h3-4,6-8,10,12,18,21H,2,5,9,11,13H2,1H3. The summed E-state index contributed by atoms with van der Waals surface area (Å²) in [6.07, 6.45) is 5.86. The molecule has 2 aromatic carbocycles. The van der Waals surface area contributed by atoms with Gasteiger partial charge in [0.05, 0.1) is 0 Å². The van der Waals surface area contributed by atoms with Gasteiger partial charge < -0.3 is 5.32 Å². The Hall–Kier alpha value is -1.28. The second-order valence-electron chi connectivity index (χ2n) is 5.90. The molecule has 0 fully saturated rings. The van der Waals surface area contributed by atoms with Crippen LogP contribution in [-0.2, 0) is 19.3 Å². The third-order valence-corrected chi connectivity index (χ3v) is 4.79. The van der Waals surface area contributed by atoms with Crippen LogP contribution in [0.1, 0.15) is 36.5 Å². The lowest BCUT2D eigenvalue weighted by Gasteiger charge is -2.27. The number of anilines is 1. The summed E-state index contributed by atoms with van der Waals surface area (Å²) < 4.78 is 1.20. The van der Waals surface area contributed by atoms with Gasteiger partial charge in [-0.15, -0.1) is 0 Å². The zero-order chi connectivity index (χ0) is 14.7. The van der Waals surface area contributed by atoms with E-state index in [1.165, 1.54) is 46.1 Å². The van der Waals surface area contributed by atoms with Crippen molar-refractivity contribution in [3.8, 4) is 0 Å². The van der Waals surface area contributed by atoms with E-state index in [1.54, 1.807) is 0 Å². The van der Waals surface area contributed by atoms with Crippen molar-refractivity contribution in [2.45, 2.75) is 45.1 Å². The summed E-state index contributed by atoms with van der Waals surface area (Å²) in [4.78, 5) is 0. The highest BCUT2D eigenvalue weighted by molar-refractivity contribution is 9.10. The van der Waals surface area contributed by atoms with Gasteiger partial charge in [0.25, 0.3) is 0 Å². The van der Waals surface area contributed by atoms with Crippen LogP contribution in [0.2, 0.25) is 0 Å². The molecule has 0 aromatic heterocycles. The molecule has 0 radical (unpaired) electrons. The fourth-order valence-electron chi connectivity index (χ4n) is 3.22. The predicted molar refractivity (Wildman–Crippen MR) is 94.0 cm³/mol. The van der Waals surface area contributed by atoms with Crippen LogP contribution in [0.25, 0.3) is 0 Å².